The Labute approximate surface area is 130 Å². The van der Waals surface area contributed by atoms with Crippen LogP contribution in [0.5, 0.6) is 0 Å². The second-order valence-corrected chi connectivity index (χ2v) is 6.23. The lowest BCUT2D eigenvalue weighted by Gasteiger charge is -2.47. The molecule has 3 fully saturated rings. The van der Waals surface area contributed by atoms with E-state index in [1.54, 1.807) is 0 Å². The second kappa shape index (κ2) is 5.71. The highest BCUT2D eigenvalue weighted by Crippen LogP contribution is 2.19. The number of benzene rings is 2. The molecule has 5 rings (SSSR count). The number of carbonyl (C=O) groups excluding carboxylic acids is 1. The van der Waals surface area contributed by atoms with Crippen molar-refractivity contribution >= 4 is 16.7 Å². The van der Waals surface area contributed by atoms with Crippen LogP contribution < -0.4 is 5.32 Å². The first-order chi connectivity index (χ1) is 10.8. The minimum absolute atomic E-state index is 0.0365. The number of amides is 1. The Kier molecular flexibility index (Phi) is 3.56. The third-order valence-corrected chi connectivity index (χ3v) is 4.92. The van der Waals surface area contributed by atoms with Crippen LogP contribution in [0.2, 0.25) is 0 Å². The summed E-state index contributed by atoms with van der Waals surface area (Å²) in [6.07, 6.45) is 0. The van der Waals surface area contributed by atoms with Gasteiger partial charge in [0.1, 0.15) is 0 Å². The van der Waals surface area contributed by atoms with E-state index in [0.717, 1.165) is 42.5 Å². The molecule has 1 unspecified atom stereocenters. The van der Waals surface area contributed by atoms with Gasteiger partial charge in [-0.1, -0.05) is 36.4 Å². The van der Waals surface area contributed by atoms with Crippen LogP contribution in [-0.4, -0.2) is 61.0 Å². The molecule has 2 bridgehead atoms. The van der Waals surface area contributed by atoms with Crippen LogP contribution in [0.1, 0.15) is 10.4 Å². The molecule has 0 aromatic heterocycles. The first-order valence-corrected chi connectivity index (χ1v) is 8.03. The zero-order chi connectivity index (χ0) is 14.9. The lowest BCUT2D eigenvalue weighted by atomic mass is 10.0. The average molecular weight is 295 g/mol. The maximum absolute atomic E-state index is 12.6. The van der Waals surface area contributed by atoms with Gasteiger partial charge >= 0.3 is 0 Å². The number of nitrogens with zero attached hydrogens (tertiary/aromatic N) is 2. The van der Waals surface area contributed by atoms with E-state index >= 15 is 0 Å². The minimum Gasteiger partial charge on any atom is -0.350 e. The minimum atomic E-state index is 0.0365. The van der Waals surface area contributed by atoms with Gasteiger partial charge in [0.25, 0.3) is 5.91 Å². The summed E-state index contributed by atoms with van der Waals surface area (Å²) in [6, 6.07) is 14.4. The van der Waals surface area contributed by atoms with E-state index in [2.05, 4.69) is 15.1 Å². The zero-order valence-corrected chi connectivity index (χ0v) is 12.7. The molecule has 22 heavy (non-hydrogen) atoms. The summed E-state index contributed by atoms with van der Waals surface area (Å²) >= 11 is 0. The van der Waals surface area contributed by atoms with Crippen LogP contribution in [0, 0.1) is 0 Å². The molecule has 0 radical (unpaired) electrons. The normalized spacial score (nSPS) is 27.0. The predicted molar refractivity (Wildman–Crippen MR) is 88.1 cm³/mol. The number of nitrogens with one attached hydrogen (secondary N) is 1. The molecule has 0 aliphatic carbocycles. The van der Waals surface area contributed by atoms with Crippen LogP contribution >= 0.6 is 0 Å². The number of carbonyl (C=O) groups is 1. The smallest absolute Gasteiger partial charge is 0.251 e. The monoisotopic (exact) mass is 295 g/mol. The molecule has 3 heterocycles. The molecule has 3 aliphatic heterocycles. The van der Waals surface area contributed by atoms with Gasteiger partial charge in [0.2, 0.25) is 0 Å². The first kappa shape index (κ1) is 13.7. The highest BCUT2D eigenvalue weighted by Gasteiger charge is 2.31. The van der Waals surface area contributed by atoms with Crippen LogP contribution in [0.15, 0.2) is 42.5 Å². The Bertz CT molecular complexity index is 686. The number of hydrogen-bond donors (Lipinski definition) is 1. The van der Waals surface area contributed by atoms with Crippen molar-refractivity contribution < 1.29 is 4.79 Å². The van der Waals surface area contributed by atoms with Crippen LogP contribution in [-0.2, 0) is 0 Å². The molecule has 1 N–H and O–H groups in total. The van der Waals surface area contributed by atoms with Gasteiger partial charge in [0.15, 0.2) is 0 Å². The van der Waals surface area contributed by atoms with Crippen molar-refractivity contribution in [1.29, 1.82) is 0 Å². The molecule has 2 aromatic rings. The Morgan fingerprint density at radius 1 is 1.05 bits per heavy atom. The fourth-order valence-corrected chi connectivity index (χ4v) is 3.65. The summed E-state index contributed by atoms with van der Waals surface area (Å²) in [6.45, 7) is 6.43. The fourth-order valence-electron chi connectivity index (χ4n) is 3.65. The van der Waals surface area contributed by atoms with Crippen LogP contribution in [0.3, 0.4) is 0 Å². The molecule has 4 heteroatoms. The van der Waals surface area contributed by atoms with E-state index in [-0.39, 0.29) is 5.91 Å². The van der Waals surface area contributed by atoms with Gasteiger partial charge in [0.05, 0.1) is 0 Å². The quantitative estimate of drug-likeness (QED) is 0.933. The summed E-state index contributed by atoms with van der Waals surface area (Å²) in [7, 11) is 0. The summed E-state index contributed by atoms with van der Waals surface area (Å²) in [5.74, 6) is 0.0365. The summed E-state index contributed by atoms with van der Waals surface area (Å²) < 4.78 is 0. The van der Waals surface area contributed by atoms with Crippen molar-refractivity contribution in [2.45, 2.75) is 6.04 Å². The number of piperazine rings is 3. The number of hydrogen-bond acceptors (Lipinski definition) is 3. The molecule has 4 nitrogen and oxygen atoms in total. The lowest BCUT2D eigenvalue weighted by Crippen LogP contribution is -2.63. The Morgan fingerprint density at radius 3 is 2.59 bits per heavy atom. The molecular weight excluding hydrogens is 274 g/mol. The van der Waals surface area contributed by atoms with Crippen molar-refractivity contribution in [2.75, 3.05) is 39.3 Å². The van der Waals surface area contributed by atoms with Gasteiger partial charge in [-0.05, 0) is 16.8 Å². The number of rotatable bonds is 3. The van der Waals surface area contributed by atoms with Gasteiger partial charge in [-0.25, -0.2) is 0 Å². The van der Waals surface area contributed by atoms with E-state index in [9.17, 15) is 4.79 Å². The van der Waals surface area contributed by atoms with E-state index in [1.807, 2.05) is 42.5 Å². The zero-order valence-electron chi connectivity index (χ0n) is 12.7. The summed E-state index contributed by atoms with van der Waals surface area (Å²) in [4.78, 5) is 17.6. The first-order valence-electron chi connectivity index (χ1n) is 8.03. The predicted octanol–water partition coefficient (Wildman–Crippen LogP) is 1.57. The SMILES string of the molecule is O=C(NCC1CN2CCN1CC2)c1cccc2ccccc12. The van der Waals surface area contributed by atoms with Gasteiger partial charge in [-0.3, -0.25) is 14.6 Å². The van der Waals surface area contributed by atoms with Crippen molar-refractivity contribution in [3.63, 3.8) is 0 Å². The molecular formula is C18H21N3O. The van der Waals surface area contributed by atoms with E-state index in [0.29, 0.717) is 6.04 Å². The molecule has 3 aliphatic rings. The molecule has 1 atom stereocenters. The maximum atomic E-state index is 12.6. The Morgan fingerprint density at radius 2 is 1.82 bits per heavy atom. The van der Waals surface area contributed by atoms with Gasteiger partial charge in [-0.2, -0.15) is 0 Å². The lowest BCUT2D eigenvalue weighted by molar-refractivity contribution is 0.0138. The van der Waals surface area contributed by atoms with Gasteiger partial charge < -0.3 is 5.32 Å². The topological polar surface area (TPSA) is 35.6 Å². The molecule has 1 amide bonds. The second-order valence-electron chi connectivity index (χ2n) is 6.23. The highest BCUT2D eigenvalue weighted by molar-refractivity contribution is 6.07. The van der Waals surface area contributed by atoms with Crippen molar-refractivity contribution in [1.82, 2.24) is 15.1 Å². The third kappa shape index (κ3) is 2.49. The average Bonchev–Trinajstić information content (AvgIpc) is 2.60. The van der Waals surface area contributed by atoms with E-state index in [4.69, 9.17) is 0 Å². The van der Waals surface area contributed by atoms with E-state index in [1.165, 1.54) is 13.1 Å². The molecule has 2 aromatic carbocycles. The summed E-state index contributed by atoms with van der Waals surface area (Å²) in [5, 5.41) is 5.28. The standard InChI is InChI=1S/C18H21N3O/c22-18(17-7-3-5-14-4-1-2-6-16(14)17)19-12-15-13-20-8-10-21(15)11-9-20/h1-7,15H,8-13H2,(H,19,22). The number of fused-ring (bicyclic) bond motifs is 4. The van der Waals surface area contributed by atoms with Crippen LogP contribution in [0.4, 0.5) is 0 Å². The van der Waals surface area contributed by atoms with Crippen molar-refractivity contribution in [3.8, 4) is 0 Å². The molecule has 114 valence electrons. The molecule has 0 spiro atoms. The van der Waals surface area contributed by atoms with Gasteiger partial charge in [0, 0.05) is 50.9 Å². The molecule has 3 saturated heterocycles. The van der Waals surface area contributed by atoms with Crippen LogP contribution in [0.25, 0.3) is 10.8 Å². The Balaban J connectivity index is 1.48. The van der Waals surface area contributed by atoms with E-state index < -0.39 is 0 Å². The Hall–Kier alpha value is -1.91. The van der Waals surface area contributed by atoms with Crippen molar-refractivity contribution in [2.24, 2.45) is 0 Å². The third-order valence-electron chi connectivity index (χ3n) is 4.92. The maximum Gasteiger partial charge on any atom is 0.251 e. The summed E-state index contributed by atoms with van der Waals surface area (Å²) in [5.41, 5.74) is 0.773. The highest BCUT2D eigenvalue weighted by atomic mass is 16.1. The fraction of sp³-hybridized carbons (Fsp3) is 0.389. The largest absolute Gasteiger partial charge is 0.350 e. The van der Waals surface area contributed by atoms with Gasteiger partial charge in [-0.15, -0.1) is 0 Å². The van der Waals surface area contributed by atoms with Crippen molar-refractivity contribution in [3.05, 3.63) is 48.0 Å². The molecule has 0 saturated carbocycles.